The molecule has 5 nitrogen and oxygen atoms in total. The number of aromatic nitrogens is 2. The highest BCUT2D eigenvalue weighted by molar-refractivity contribution is 9.11. The Kier molecular flexibility index (Phi) is 7.52. The van der Waals surface area contributed by atoms with Gasteiger partial charge in [0, 0.05) is 10.4 Å². The molecule has 0 saturated heterocycles. The molecule has 0 N–H and O–H groups in total. The predicted molar refractivity (Wildman–Crippen MR) is 133 cm³/mol. The van der Waals surface area contributed by atoms with Crippen molar-refractivity contribution in [3.05, 3.63) is 65.5 Å². The maximum absolute atomic E-state index is 13.2. The first-order chi connectivity index (χ1) is 14.2. The minimum atomic E-state index is -0.189. The van der Waals surface area contributed by atoms with Gasteiger partial charge in [-0.3, -0.25) is 4.79 Å². The largest absolute Gasteiger partial charge is 0.489 e. The summed E-state index contributed by atoms with van der Waals surface area (Å²) < 4.78 is 9.68. The lowest BCUT2D eigenvalue weighted by Crippen LogP contribution is -2.23. The van der Waals surface area contributed by atoms with E-state index in [4.69, 9.17) is 9.72 Å². The van der Waals surface area contributed by atoms with E-state index < -0.39 is 0 Å². The van der Waals surface area contributed by atoms with E-state index in [0.29, 0.717) is 16.7 Å². The van der Waals surface area contributed by atoms with Crippen LogP contribution in [0.5, 0.6) is 5.75 Å². The molecule has 1 atom stereocenters. The van der Waals surface area contributed by atoms with E-state index in [1.54, 1.807) is 12.3 Å². The van der Waals surface area contributed by atoms with Gasteiger partial charge in [-0.1, -0.05) is 29.8 Å². The van der Waals surface area contributed by atoms with E-state index in [0.717, 1.165) is 31.2 Å². The van der Waals surface area contributed by atoms with Gasteiger partial charge in [0.1, 0.15) is 11.6 Å². The first kappa shape index (κ1) is 23.2. The molecule has 1 aromatic heterocycles. The number of halogens is 3. The summed E-state index contributed by atoms with van der Waals surface area (Å²) >= 11 is 10.5. The van der Waals surface area contributed by atoms with E-state index in [1.807, 2.05) is 45.0 Å². The Bertz CT molecular complexity index is 1150. The van der Waals surface area contributed by atoms with Crippen LogP contribution in [0.15, 0.2) is 53.6 Å². The van der Waals surface area contributed by atoms with Crippen molar-refractivity contribution < 1.29 is 4.74 Å². The highest BCUT2D eigenvalue weighted by atomic mass is 79.9. The lowest BCUT2D eigenvalue weighted by atomic mass is 10.1. The molecule has 3 rings (SSSR count). The third-order valence-corrected chi connectivity index (χ3v) is 6.25. The van der Waals surface area contributed by atoms with Crippen molar-refractivity contribution in [1.29, 1.82) is 0 Å². The number of rotatable bonds is 6. The van der Waals surface area contributed by atoms with Crippen LogP contribution in [0.25, 0.3) is 10.9 Å². The molecule has 0 amide bonds. The zero-order chi connectivity index (χ0) is 22.0. The smallest absolute Gasteiger partial charge is 0.282 e. The Labute approximate surface area is 200 Å². The van der Waals surface area contributed by atoms with Gasteiger partial charge >= 0.3 is 0 Å². The molecule has 2 aromatic carbocycles. The fourth-order valence-corrected chi connectivity index (χ4v) is 4.68. The highest BCUT2D eigenvalue weighted by Gasteiger charge is 2.16. The van der Waals surface area contributed by atoms with Crippen molar-refractivity contribution in [2.75, 3.05) is 0 Å². The van der Waals surface area contributed by atoms with Crippen LogP contribution in [-0.2, 0) is 0 Å². The fourth-order valence-electron chi connectivity index (χ4n) is 2.91. The van der Waals surface area contributed by atoms with Crippen molar-refractivity contribution in [1.82, 2.24) is 9.66 Å². The van der Waals surface area contributed by atoms with Crippen LogP contribution in [0.4, 0.5) is 0 Å². The van der Waals surface area contributed by atoms with Gasteiger partial charge in [-0.2, -0.15) is 9.78 Å². The molecule has 0 aliphatic heterocycles. The lowest BCUT2D eigenvalue weighted by molar-refractivity contribution is 0.239. The Balaban J connectivity index is 2.11. The second-order valence-electron chi connectivity index (χ2n) is 7.28. The quantitative estimate of drug-likeness (QED) is 0.291. The first-order valence-corrected chi connectivity index (χ1v) is 12.0. The Morgan fingerprint density at radius 1 is 1.13 bits per heavy atom. The van der Waals surface area contributed by atoms with Crippen LogP contribution in [0.1, 0.15) is 51.4 Å². The minimum absolute atomic E-state index is 0.0526. The molecule has 0 radical (unpaired) electrons. The maximum atomic E-state index is 13.2. The molecular formula is C22H22Br3N3O2. The number of ether oxygens (including phenoxy) is 1. The van der Waals surface area contributed by atoms with Crippen LogP contribution in [0.2, 0.25) is 0 Å². The monoisotopic (exact) mass is 597 g/mol. The number of fused-ring (bicyclic) bond motifs is 1. The van der Waals surface area contributed by atoms with Gasteiger partial charge in [0.15, 0.2) is 0 Å². The summed E-state index contributed by atoms with van der Waals surface area (Å²) in [5, 5.41) is 5.04. The molecule has 158 valence electrons. The summed E-state index contributed by atoms with van der Waals surface area (Å²) in [6.45, 7) is 8.06. The molecule has 0 bridgehead atoms. The zero-order valence-corrected chi connectivity index (χ0v) is 21.9. The molecule has 0 aliphatic rings. The van der Waals surface area contributed by atoms with Gasteiger partial charge in [-0.15, -0.1) is 0 Å². The molecule has 0 unspecified atom stereocenters. The first-order valence-electron chi connectivity index (χ1n) is 9.63. The standard InChI is InChI=1S/C22H22Br3N3O2/c1-5-13(4)21-27-19-7-6-15(23)10-16(19)22(29)28(21)26-11-14-8-17(24)20(18(25)9-14)30-12(2)3/h6-13H,5H2,1-4H3/t13-/m0/s1. The van der Waals surface area contributed by atoms with Crippen LogP contribution >= 0.6 is 47.8 Å². The molecule has 3 aromatic rings. The predicted octanol–water partition coefficient (Wildman–Crippen LogP) is 6.87. The van der Waals surface area contributed by atoms with Crippen LogP contribution in [-0.4, -0.2) is 22.0 Å². The SMILES string of the molecule is CC[C@H](C)c1nc2ccc(Br)cc2c(=O)n1N=Cc1cc(Br)c(OC(C)C)c(Br)c1. The summed E-state index contributed by atoms with van der Waals surface area (Å²) in [6.07, 6.45) is 2.56. The summed E-state index contributed by atoms with van der Waals surface area (Å²) in [5.41, 5.74) is 1.30. The van der Waals surface area contributed by atoms with Crippen LogP contribution < -0.4 is 10.3 Å². The molecule has 8 heteroatoms. The second kappa shape index (κ2) is 9.75. The summed E-state index contributed by atoms with van der Waals surface area (Å²) in [4.78, 5) is 17.9. The van der Waals surface area contributed by atoms with Crippen molar-refractivity contribution in [3.63, 3.8) is 0 Å². The van der Waals surface area contributed by atoms with Crippen molar-refractivity contribution in [2.24, 2.45) is 5.10 Å². The summed E-state index contributed by atoms with van der Waals surface area (Å²) in [6, 6.07) is 9.33. The second-order valence-corrected chi connectivity index (χ2v) is 9.91. The van der Waals surface area contributed by atoms with Gasteiger partial charge in [0.2, 0.25) is 0 Å². The molecular weight excluding hydrogens is 578 g/mol. The summed E-state index contributed by atoms with van der Waals surface area (Å²) in [5.74, 6) is 1.46. The van der Waals surface area contributed by atoms with E-state index in [1.165, 1.54) is 4.68 Å². The van der Waals surface area contributed by atoms with Crippen LogP contribution in [0, 0.1) is 0 Å². The van der Waals surface area contributed by atoms with Gasteiger partial charge < -0.3 is 4.74 Å². The van der Waals surface area contributed by atoms with E-state index in [2.05, 4.69) is 59.8 Å². The average Bonchev–Trinajstić information content (AvgIpc) is 2.69. The summed E-state index contributed by atoms with van der Waals surface area (Å²) in [7, 11) is 0. The van der Waals surface area contributed by atoms with Crippen molar-refractivity contribution in [3.8, 4) is 5.75 Å². The van der Waals surface area contributed by atoms with E-state index >= 15 is 0 Å². The molecule has 0 aliphatic carbocycles. The Hall–Kier alpha value is -1.51. The number of nitrogens with zero attached hydrogens (tertiary/aromatic N) is 3. The van der Waals surface area contributed by atoms with Gasteiger partial charge in [-0.05, 0) is 88.0 Å². The van der Waals surface area contributed by atoms with Gasteiger partial charge in [0.25, 0.3) is 5.56 Å². The van der Waals surface area contributed by atoms with Gasteiger partial charge in [-0.25, -0.2) is 4.98 Å². The molecule has 30 heavy (non-hydrogen) atoms. The van der Waals surface area contributed by atoms with Crippen molar-refractivity contribution in [2.45, 2.75) is 46.1 Å². The van der Waals surface area contributed by atoms with Gasteiger partial charge in [0.05, 0.1) is 32.2 Å². The van der Waals surface area contributed by atoms with Crippen LogP contribution in [0.3, 0.4) is 0 Å². The maximum Gasteiger partial charge on any atom is 0.282 e. The van der Waals surface area contributed by atoms with Crippen molar-refractivity contribution >= 4 is 64.9 Å². The van der Waals surface area contributed by atoms with E-state index in [9.17, 15) is 4.79 Å². The van der Waals surface area contributed by atoms with E-state index in [-0.39, 0.29) is 17.6 Å². The Morgan fingerprint density at radius 3 is 2.40 bits per heavy atom. The average molecular weight is 600 g/mol. The zero-order valence-electron chi connectivity index (χ0n) is 17.1. The fraction of sp³-hybridized carbons (Fsp3) is 0.318. The number of hydrogen-bond acceptors (Lipinski definition) is 4. The third kappa shape index (κ3) is 5.03. The molecule has 0 saturated carbocycles. The minimum Gasteiger partial charge on any atom is -0.489 e. The topological polar surface area (TPSA) is 56.5 Å². The highest BCUT2D eigenvalue weighted by Crippen LogP contribution is 2.35. The number of benzene rings is 2. The normalized spacial score (nSPS) is 12.8. The molecule has 0 spiro atoms. The number of hydrogen-bond donors (Lipinski definition) is 0. The molecule has 1 heterocycles. The third-order valence-electron chi connectivity index (χ3n) is 4.58. The Morgan fingerprint density at radius 2 is 1.80 bits per heavy atom. The lowest BCUT2D eigenvalue weighted by Gasteiger charge is -2.15. The molecule has 0 fully saturated rings.